The molecule has 0 heterocycles. The summed E-state index contributed by atoms with van der Waals surface area (Å²) < 4.78 is 14.0. The minimum absolute atomic E-state index is 0.177. The van der Waals surface area contributed by atoms with E-state index in [1.54, 1.807) is 30.3 Å². The van der Waals surface area contributed by atoms with Crippen molar-refractivity contribution in [1.82, 2.24) is 0 Å². The summed E-state index contributed by atoms with van der Waals surface area (Å²) in [6.07, 6.45) is 0. The molecule has 2 aromatic rings. The summed E-state index contributed by atoms with van der Waals surface area (Å²) in [6, 6.07) is 11.8. The van der Waals surface area contributed by atoms with Gasteiger partial charge in [-0.05, 0) is 34.1 Å². The molecule has 0 radical (unpaired) electrons. The van der Waals surface area contributed by atoms with Crippen LogP contribution in [0.3, 0.4) is 0 Å². The molecule has 0 aliphatic heterocycles. The van der Waals surface area contributed by atoms with E-state index >= 15 is 0 Å². The Kier molecular flexibility index (Phi) is 3.64. The van der Waals surface area contributed by atoms with Gasteiger partial charge in [-0.2, -0.15) is 0 Å². The van der Waals surface area contributed by atoms with Gasteiger partial charge in [0, 0.05) is 12.1 Å². The van der Waals surface area contributed by atoms with E-state index in [0.29, 0.717) is 22.3 Å². The average Bonchev–Trinajstić information content (AvgIpc) is 2.33. The third-order valence-corrected chi connectivity index (χ3v) is 3.05. The molecule has 2 aromatic carbocycles. The number of benzene rings is 2. The summed E-state index contributed by atoms with van der Waals surface area (Å²) in [7, 11) is 0. The molecule has 0 saturated heterocycles. The van der Waals surface area contributed by atoms with Crippen molar-refractivity contribution in [3.8, 4) is 5.75 Å². The molecular formula is C13H11BrFNO. The Morgan fingerprint density at radius 3 is 2.65 bits per heavy atom. The van der Waals surface area contributed by atoms with Gasteiger partial charge in [-0.25, -0.2) is 4.39 Å². The van der Waals surface area contributed by atoms with Crippen molar-refractivity contribution in [2.24, 2.45) is 0 Å². The summed E-state index contributed by atoms with van der Waals surface area (Å²) in [5.74, 6) is -0.127. The second-order valence-corrected chi connectivity index (χ2v) is 4.44. The zero-order valence-corrected chi connectivity index (χ0v) is 10.5. The molecule has 0 aromatic heterocycles. The van der Waals surface area contributed by atoms with Crippen LogP contribution in [0.15, 0.2) is 46.9 Å². The highest BCUT2D eigenvalue weighted by molar-refractivity contribution is 9.10. The molecule has 0 saturated carbocycles. The maximum atomic E-state index is 13.3. The topological polar surface area (TPSA) is 32.3 Å². The molecule has 0 atom stereocenters. The number of aromatic hydroxyl groups is 1. The van der Waals surface area contributed by atoms with Crippen molar-refractivity contribution >= 4 is 21.6 Å². The molecule has 2 N–H and O–H groups in total. The molecule has 0 fully saturated rings. The van der Waals surface area contributed by atoms with E-state index in [0.717, 1.165) is 0 Å². The number of nitrogens with one attached hydrogen (secondary N) is 1. The van der Waals surface area contributed by atoms with Crippen LogP contribution in [0.4, 0.5) is 10.1 Å². The molecule has 0 aliphatic rings. The summed E-state index contributed by atoms with van der Waals surface area (Å²) in [4.78, 5) is 0. The molecule has 0 unspecified atom stereocenters. The fourth-order valence-corrected chi connectivity index (χ4v) is 1.90. The molecule has 4 heteroatoms. The molecular weight excluding hydrogens is 285 g/mol. The Balaban J connectivity index is 2.13. The average molecular weight is 296 g/mol. The van der Waals surface area contributed by atoms with Crippen molar-refractivity contribution in [3.63, 3.8) is 0 Å². The van der Waals surface area contributed by atoms with Gasteiger partial charge in [0.05, 0.1) is 10.2 Å². The van der Waals surface area contributed by atoms with Gasteiger partial charge >= 0.3 is 0 Å². The molecule has 0 spiro atoms. The number of halogens is 2. The summed E-state index contributed by atoms with van der Waals surface area (Å²) >= 11 is 3.23. The fraction of sp³-hybridized carbons (Fsp3) is 0.0769. The highest BCUT2D eigenvalue weighted by Gasteiger charge is 2.05. The fourth-order valence-electron chi connectivity index (χ4n) is 1.50. The number of hydrogen-bond acceptors (Lipinski definition) is 2. The highest BCUT2D eigenvalue weighted by Crippen LogP contribution is 2.28. The lowest BCUT2D eigenvalue weighted by atomic mass is 10.2. The lowest BCUT2D eigenvalue weighted by Crippen LogP contribution is -2.01. The number of para-hydroxylation sites is 2. The Labute approximate surface area is 107 Å². The summed E-state index contributed by atoms with van der Waals surface area (Å²) in [5.41, 5.74) is 1.13. The van der Waals surface area contributed by atoms with Gasteiger partial charge in [0.25, 0.3) is 0 Å². The smallest absolute Gasteiger partial charge is 0.146 e. The van der Waals surface area contributed by atoms with E-state index in [4.69, 9.17) is 0 Å². The van der Waals surface area contributed by atoms with E-state index < -0.39 is 0 Å². The summed E-state index contributed by atoms with van der Waals surface area (Å²) in [6.45, 7) is 0.367. The van der Waals surface area contributed by atoms with Gasteiger partial charge in [0.15, 0.2) is 0 Å². The van der Waals surface area contributed by atoms with Gasteiger partial charge in [0.2, 0.25) is 0 Å². The van der Waals surface area contributed by atoms with E-state index in [9.17, 15) is 9.50 Å². The second-order valence-electron chi connectivity index (χ2n) is 3.58. The van der Waals surface area contributed by atoms with E-state index in [2.05, 4.69) is 21.2 Å². The molecule has 17 heavy (non-hydrogen) atoms. The van der Waals surface area contributed by atoms with Gasteiger partial charge in [-0.1, -0.05) is 24.3 Å². The Hall–Kier alpha value is -1.55. The van der Waals surface area contributed by atoms with Crippen molar-refractivity contribution < 1.29 is 9.50 Å². The highest BCUT2D eigenvalue weighted by atomic mass is 79.9. The minimum Gasteiger partial charge on any atom is -0.506 e. The number of phenols is 1. The molecule has 2 nitrogen and oxygen atoms in total. The van der Waals surface area contributed by atoms with E-state index in [-0.39, 0.29) is 11.6 Å². The molecule has 0 aliphatic carbocycles. The Bertz CT molecular complexity index is 531. The van der Waals surface area contributed by atoms with Crippen molar-refractivity contribution in [2.45, 2.75) is 6.54 Å². The van der Waals surface area contributed by atoms with Crippen LogP contribution >= 0.6 is 15.9 Å². The van der Waals surface area contributed by atoms with Crippen molar-refractivity contribution in [3.05, 3.63) is 58.3 Å². The molecule has 0 bridgehead atoms. The standard InChI is InChI=1S/C13H11BrFNO/c14-10-5-3-4-9(13(10)17)8-16-12-7-2-1-6-11(12)15/h1-7,16-17H,8H2. The van der Waals surface area contributed by atoms with Crippen LogP contribution in [0, 0.1) is 5.82 Å². The first kappa shape index (κ1) is 11.9. The molecule has 2 rings (SSSR count). The van der Waals surface area contributed by atoms with Crippen LogP contribution < -0.4 is 5.32 Å². The molecule has 0 amide bonds. The van der Waals surface area contributed by atoms with Gasteiger partial charge < -0.3 is 10.4 Å². The number of anilines is 1. The summed E-state index contributed by atoms with van der Waals surface area (Å²) in [5, 5.41) is 12.7. The Morgan fingerprint density at radius 2 is 1.88 bits per heavy atom. The minimum atomic E-state index is -0.304. The first-order valence-corrected chi connectivity index (χ1v) is 5.92. The third kappa shape index (κ3) is 2.77. The quantitative estimate of drug-likeness (QED) is 0.900. The van der Waals surface area contributed by atoms with Gasteiger partial charge in [-0.15, -0.1) is 0 Å². The van der Waals surface area contributed by atoms with E-state index in [1.807, 2.05) is 6.07 Å². The maximum absolute atomic E-state index is 13.3. The van der Waals surface area contributed by atoms with Crippen molar-refractivity contribution in [2.75, 3.05) is 5.32 Å². The number of hydrogen-bond donors (Lipinski definition) is 2. The SMILES string of the molecule is Oc1c(Br)cccc1CNc1ccccc1F. The van der Waals surface area contributed by atoms with E-state index in [1.165, 1.54) is 6.07 Å². The van der Waals surface area contributed by atoms with Gasteiger partial charge in [-0.3, -0.25) is 0 Å². The van der Waals surface area contributed by atoms with Crippen LogP contribution in [-0.4, -0.2) is 5.11 Å². The zero-order valence-electron chi connectivity index (χ0n) is 8.95. The van der Waals surface area contributed by atoms with Crippen molar-refractivity contribution in [1.29, 1.82) is 0 Å². The lowest BCUT2D eigenvalue weighted by Gasteiger charge is -2.09. The van der Waals surface area contributed by atoms with Gasteiger partial charge in [0.1, 0.15) is 11.6 Å². The lowest BCUT2D eigenvalue weighted by molar-refractivity contribution is 0.465. The first-order valence-electron chi connectivity index (χ1n) is 5.13. The maximum Gasteiger partial charge on any atom is 0.146 e. The predicted molar refractivity (Wildman–Crippen MR) is 69.5 cm³/mol. The first-order chi connectivity index (χ1) is 8.18. The monoisotopic (exact) mass is 295 g/mol. The largest absolute Gasteiger partial charge is 0.506 e. The Morgan fingerprint density at radius 1 is 1.12 bits per heavy atom. The zero-order chi connectivity index (χ0) is 12.3. The third-order valence-electron chi connectivity index (χ3n) is 2.41. The number of rotatable bonds is 3. The van der Waals surface area contributed by atoms with Crippen LogP contribution in [0.25, 0.3) is 0 Å². The van der Waals surface area contributed by atoms with Crippen LogP contribution in [0.2, 0.25) is 0 Å². The second kappa shape index (κ2) is 5.19. The van der Waals surface area contributed by atoms with Crippen LogP contribution in [0.1, 0.15) is 5.56 Å². The molecule has 88 valence electrons. The van der Waals surface area contributed by atoms with Crippen LogP contribution in [0.5, 0.6) is 5.75 Å². The van der Waals surface area contributed by atoms with Crippen LogP contribution in [-0.2, 0) is 6.54 Å². The predicted octanol–water partition coefficient (Wildman–Crippen LogP) is 3.91. The number of phenolic OH excluding ortho intramolecular Hbond substituents is 1. The normalized spacial score (nSPS) is 10.2.